The summed E-state index contributed by atoms with van der Waals surface area (Å²) in [5.41, 5.74) is 0. The van der Waals surface area contributed by atoms with Gasteiger partial charge in [-0.2, -0.15) is 0 Å². The molecule has 0 saturated carbocycles. The van der Waals surface area contributed by atoms with E-state index in [0.717, 1.165) is 6.20 Å². The molecule has 0 bridgehead atoms. The zero-order chi connectivity index (χ0) is 8.70. The van der Waals surface area contributed by atoms with Gasteiger partial charge in [0.1, 0.15) is 0 Å². The third kappa shape index (κ3) is 1.02. The zero-order valence-electron chi connectivity index (χ0n) is 5.35. The molecule has 1 amide bonds. The number of hydrogen-bond acceptors (Lipinski definition) is 5. The molecule has 0 spiro atoms. The SMILES string of the molecule is O=C1NC=CC(O)(O)C1(O)O. The number of carbonyl (C=O) groups is 1. The number of rotatable bonds is 0. The van der Waals surface area contributed by atoms with Gasteiger partial charge in [-0.25, -0.2) is 0 Å². The van der Waals surface area contributed by atoms with E-state index in [2.05, 4.69) is 0 Å². The Bertz CT molecular complexity index is 219. The summed E-state index contributed by atoms with van der Waals surface area (Å²) in [5.74, 6) is -7.41. The lowest BCUT2D eigenvalue weighted by Gasteiger charge is -2.33. The molecular weight excluding hydrogens is 154 g/mol. The van der Waals surface area contributed by atoms with Crippen LogP contribution in [0.2, 0.25) is 0 Å². The summed E-state index contributed by atoms with van der Waals surface area (Å²) in [6.07, 6.45) is 1.56. The third-order valence-electron chi connectivity index (χ3n) is 1.36. The van der Waals surface area contributed by atoms with E-state index in [9.17, 15) is 4.79 Å². The molecule has 11 heavy (non-hydrogen) atoms. The molecule has 0 saturated heterocycles. The van der Waals surface area contributed by atoms with Gasteiger partial charge in [-0.15, -0.1) is 0 Å². The first-order chi connectivity index (χ1) is 4.88. The predicted octanol–water partition coefficient (Wildman–Crippen LogP) is -3.01. The molecule has 1 aliphatic rings. The first-order valence-electron chi connectivity index (χ1n) is 2.76. The number of aliphatic hydroxyl groups is 4. The second-order valence-electron chi connectivity index (χ2n) is 2.21. The van der Waals surface area contributed by atoms with Gasteiger partial charge < -0.3 is 25.7 Å². The van der Waals surface area contributed by atoms with Crippen molar-refractivity contribution in [3.05, 3.63) is 12.3 Å². The Labute approximate surface area is 61.4 Å². The Morgan fingerprint density at radius 1 is 1.27 bits per heavy atom. The van der Waals surface area contributed by atoms with Crippen molar-refractivity contribution in [1.29, 1.82) is 0 Å². The summed E-state index contributed by atoms with van der Waals surface area (Å²) >= 11 is 0. The minimum absolute atomic E-state index is 0.647. The van der Waals surface area contributed by atoms with Crippen LogP contribution in [0.25, 0.3) is 0 Å². The van der Waals surface area contributed by atoms with E-state index in [1.807, 2.05) is 5.32 Å². The number of carbonyl (C=O) groups excluding carboxylic acids is 1. The number of nitrogens with one attached hydrogen (secondary N) is 1. The normalized spacial score (nSPS) is 26.4. The van der Waals surface area contributed by atoms with Crippen molar-refractivity contribution in [2.24, 2.45) is 0 Å². The summed E-state index contributed by atoms with van der Waals surface area (Å²) in [4.78, 5) is 10.5. The fraction of sp³-hybridized carbons (Fsp3) is 0.400. The summed E-state index contributed by atoms with van der Waals surface area (Å²) < 4.78 is 0. The highest BCUT2D eigenvalue weighted by Gasteiger charge is 2.53. The average Bonchev–Trinajstić information content (AvgIpc) is 1.84. The molecule has 1 rings (SSSR count). The van der Waals surface area contributed by atoms with Crippen molar-refractivity contribution in [3.8, 4) is 0 Å². The zero-order valence-corrected chi connectivity index (χ0v) is 5.35. The molecule has 0 unspecified atom stereocenters. The molecular formula is C5H7NO5. The number of hydrogen-bond donors (Lipinski definition) is 5. The van der Waals surface area contributed by atoms with Gasteiger partial charge in [-0.05, 0) is 6.08 Å². The van der Waals surface area contributed by atoms with Crippen LogP contribution in [0.3, 0.4) is 0 Å². The lowest BCUT2D eigenvalue weighted by molar-refractivity contribution is -0.316. The fourth-order valence-corrected chi connectivity index (χ4v) is 0.617. The van der Waals surface area contributed by atoms with Crippen LogP contribution in [0.4, 0.5) is 0 Å². The molecule has 62 valence electrons. The van der Waals surface area contributed by atoms with Crippen molar-refractivity contribution in [3.63, 3.8) is 0 Å². The van der Waals surface area contributed by atoms with E-state index in [1.54, 1.807) is 0 Å². The van der Waals surface area contributed by atoms with E-state index in [4.69, 9.17) is 20.4 Å². The maximum absolute atomic E-state index is 10.5. The lowest BCUT2D eigenvalue weighted by atomic mass is 10.0. The summed E-state index contributed by atoms with van der Waals surface area (Å²) in [5, 5.41) is 37.0. The average molecular weight is 161 g/mol. The first-order valence-corrected chi connectivity index (χ1v) is 2.76. The molecule has 0 fully saturated rings. The lowest BCUT2D eigenvalue weighted by Crippen LogP contribution is -2.63. The van der Waals surface area contributed by atoms with Gasteiger partial charge in [-0.3, -0.25) is 4.79 Å². The van der Waals surface area contributed by atoms with Gasteiger partial charge in [0.05, 0.1) is 0 Å². The summed E-state index contributed by atoms with van der Waals surface area (Å²) in [6.45, 7) is 0. The largest absolute Gasteiger partial charge is 0.358 e. The van der Waals surface area contributed by atoms with Crippen LogP contribution in [0.1, 0.15) is 0 Å². The van der Waals surface area contributed by atoms with Crippen LogP contribution in [-0.4, -0.2) is 37.9 Å². The van der Waals surface area contributed by atoms with Crippen LogP contribution in [0.5, 0.6) is 0 Å². The maximum atomic E-state index is 10.5. The van der Waals surface area contributed by atoms with Gasteiger partial charge in [-0.1, -0.05) is 0 Å². The monoisotopic (exact) mass is 161 g/mol. The second-order valence-corrected chi connectivity index (χ2v) is 2.21. The molecule has 0 radical (unpaired) electrons. The van der Waals surface area contributed by atoms with Crippen LogP contribution < -0.4 is 5.32 Å². The topological polar surface area (TPSA) is 110 Å². The van der Waals surface area contributed by atoms with E-state index in [-0.39, 0.29) is 0 Å². The fourth-order valence-electron chi connectivity index (χ4n) is 0.617. The van der Waals surface area contributed by atoms with Crippen molar-refractivity contribution in [2.75, 3.05) is 0 Å². The van der Waals surface area contributed by atoms with Crippen molar-refractivity contribution in [1.82, 2.24) is 5.32 Å². The smallest absolute Gasteiger partial charge is 0.305 e. The molecule has 1 aliphatic heterocycles. The highest BCUT2D eigenvalue weighted by Crippen LogP contribution is 2.21. The van der Waals surface area contributed by atoms with E-state index in [1.165, 1.54) is 0 Å². The standard InChI is InChI=1S/C5H7NO5/c7-3-5(10,11)4(8,9)1-2-6-3/h1-2,8-11H,(H,6,7). The second kappa shape index (κ2) is 2.02. The molecule has 5 N–H and O–H groups in total. The molecule has 0 aromatic rings. The minimum Gasteiger partial charge on any atom is -0.358 e. The highest BCUT2D eigenvalue weighted by atomic mass is 16.6. The van der Waals surface area contributed by atoms with Crippen molar-refractivity contribution >= 4 is 5.91 Å². The van der Waals surface area contributed by atoms with Crippen LogP contribution in [0, 0.1) is 0 Å². The van der Waals surface area contributed by atoms with Gasteiger partial charge in [0.15, 0.2) is 0 Å². The van der Waals surface area contributed by atoms with E-state index in [0.29, 0.717) is 6.08 Å². The molecule has 6 nitrogen and oxygen atoms in total. The van der Waals surface area contributed by atoms with E-state index >= 15 is 0 Å². The van der Waals surface area contributed by atoms with Gasteiger partial charge >= 0.3 is 5.79 Å². The Balaban J connectivity index is 3.07. The van der Waals surface area contributed by atoms with E-state index < -0.39 is 17.5 Å². The molecule has 0 aromatic heterocycles. The Kier molecular flexibility index (Phi) is 1.49. The molecule has 1 heterocycles. The number of amides is 1. The van der Waals surface area contributed by atoms with Crippen LogP contribution in [0.15, 0.2) is 12.3 Å². The third-order valence-corrected chi connectivity index (χ3v) is 1.36. The van der Waals surface area contributed by atoms with Gasteiger partial charge in [0, 0.05) is 6.20 Å². The summed E-state index contributed by atoms with van der Waals surface area (Å²) in [6, 6.07) is 0. The summed E-state index contributed by atoms with van der Waals surface area (Å²) in [7, 11) is 0. The van der Waals surface area contributed by atoms with Gasteiger partial charge in [0.25, 0.3) is 11.7 Å². The first kappa shape index (κ1) is 8.15. The molecule has 6 heteroatoms. The minimum atomic E-state index is -3.19. The van der Waals surface area contributed by atoms with Gasteiger partial charge in [0.2, 0.25) is 0 Å². The Hall–Kier alpha value is -0.950. The maximum Gasteiger partial charge on any atom is 0.305 e. The molecule has 0 aliphatic carbocycles. The quantitative estimate of drug-likeness (QED) is 0.243. The van der Waals surface area contributed by atoms with Crippen LogP contribution >= 0.6 is 0 Å². The molecule has 0 aromatic carbocycles. The van der Waals surface area contributed by atoms with Crippen molar-refractivity contribution in [2.45, 2.75) is 11.6 Å². The Morgan fingerprint density at radius 3 is 2.18 bits per heavy atom. The Morgan fingerprint density at radius 2 is 1.82 bits per heavy atom. The highest BCUT2D eigenvalue weighted by molar-refractivity contribution is 5.86. The van der Waals surface area contributed by atoms with Crippen LogP contribution in [-0.2, 0) is 4.79 Å². The van der Waals surface area contributed by atoms with Crippen molar-refractivity contribution < 1.29 is 25.2 Å². The predicted molar refractivity (Wildman–Crippen MR) is 31.6 cm³/mol. The molecule has 0 atom stereocenters.